The first kappa shape index (κ1) is 15.1. The average molecular weight is 253 g/mol. The zero-order chi connectivity index (χ0) is 13.5. The van der Waals surface area contributed by atoms with Crippen LogP contribution in [0.2, 0.25) is 0 Å². The lowest BCUT2D eigenvalue weighted by Crippen LogP contribution is -2.42. The van der Waals surface area contributed by atoms with E-state index in [4.69, 9.17) is 4.74 Å². The second-order valence-corrected chi connectivity index (χ2v) is 4.62. The number of methoxy groups -OCH3 is 1. The van der Waals surface area contributed by atoms with E-state index in [1.54, 1.807) is 13.2 Å². The maximum atomic E-state index is 13.3. The molecule has 0 amide bonds. The highest BCUT2D eigenvalue weighted by Gasteiger charge is 2.19. The zero-order valence-electron chi connectivity index (χ0n) is 11.8. The van der Waals surface area contributed by atoms with Gasteiger partial charge in [0, 0.05) is 13.2 Å². The fraction of sp³-hybridized carbons (Fsp3) is 0.600. The Morgan fingerprint density at radius 2 is 2.06 bits per heavy atom. The Morgan fingerprint density at radius 1 is 1.33 bits per heavy atom. The van der Waals surface area contributed by atoms with Crippen LogP contribution in [0.25, 0.3) is 0 Å². The summed E-state index contributed by atoms with van der Waals surface area (Å²) in [5, 5.41) is 3.43. The number of halogens is 1. The Bertz CT molecular complexity index is 364. The lowest BCUT2D eigenvalue weighted by atomic mass is 9.96. The van der Waals surface area contributed by atoms with E-state index in [2.05, 4.69) is 19.2 Å². The first-order valence-corrected chi connectivity index (χ1v) is 6.63. The van der Waals surface area contributed by atoms with Crippen molar-refractivity contribution in [2.24, 2.45) is 0 Å². The monoisotopic (exact) mass is 253 g/mol. The molecule has 102 valence electrons. The molecule has 0 aliphatic heterocycles. The molecule has 0 aromatic heterocycles. The molecular formula is C15H24FNO. The molecule has 1 aromatic carbocycles. The van der Waals surface area contributed by atoms with E-state index < -0.39 is 0 Å². The summed E-state index contributed by atoms with van der Waals surface area (Å²) < 4.78 is 18.8. The average Bonchev–Trinajstić information content (AvgIpc) is 2.35. The van der Waals surface area contributed by atoms with Gasteiger partial charge in [-0.1, -0.05) is 19.9 Å². The van der Waals surface area contributed by atoms with E-state index in [9.17, 15) is 4.39 Å². The van der Waals surface area contributed by atoms with Crippen molar-refractivity contribution < 1.29 is 9.13 Å². The molecule has 0 spiro atoms. The number of aryl methyl sites for hydroxylation is 1. The van der Waals surface area contributed by atoms with Crippen LogP contribution in [0.15, 0.2) is 18.2 Å². The Labute approximate surface area is 110 Å². The number of hydrogen-bond acceptors (Lipinski definition) is 2. The van der Waals surface area contributed by atoms with Gasteiger partial charge in [0.15, 0.2) is 0 Å². The summed E-state index contributed by atoms with van der Waals surface area (Å²) in [6.07, 6.45) is 1.90. The third-order valence-corrected chi connectivity index (χ3v) is 3.37. The fourth-order valence-electron chi connectivity index (χ4n) is 2.31. The SMILES string of the molecule is CCNC(Cc1cc(F)ccc1C)C(CC)OC. The van der Waals surface area contributed by atoms with Crippen LogP contribution >= 0.6 is 0 Å². The van der Waals surface area contributed by atoms with E-state index >= 15 is 0 Å². The third-order valence-electron chi connectivity index (χ3n) is 3.37. The van der Waals surface area contributed by atoms with Gasteiger partial charge in [-0.2, -0.15) is 0 Å². The number of likely N-dealkylation sites (N-methyl/N-ethyl adjacent to an activating group) is 1. The van der Waals surface area contributed by atoms with E-state index in [0.717, 1.165) is 30.5 Å². The number of rotatable bonds is 7. The van der Waals surface area contributed by atoms with E-state index in [-0.39, 0.29) is 18.0 Å². The van der Waals surface area contributed by atoms with E-state index in [1.807, 2.05) is 13.0 Å². The maximum absolute atomic E-state index is 13.3. The summed E-state index contributed by atoms with van der Waals surface area (Å²) in [6, 6.07) is 5.20. The second kappa shape index (κ2) is 7.49. The van der Waals surface area contributed by atoms with Crippen LogP contribution in [0.3, 0.4) is 0 Å². The minimum absolute atomic E-state index is 0.160. The number of nitrogens with one attached hydrogen (secondary N) is 1. The van der Waals surface area contributed by atoms with Crippen LogP contribution < -0.4 is 5.32 Å². The zero-order valence-corrected chi connectivity index (χ0v) is 11.8. The second-order valence-electron chi connectivity index (χ2n) is 4.62. The van der Waals surface area contributed by atoms with Gasteiger partial charge in [0.1, 0.15) is 5.82 Å². The van der Waals surface area contributed by atoms with Crippen LogP contribution in [0.1, 0.15) is 31.4 Å². The van der Waals surface area contributed by atoms with Crippen molar-refractivity contribution in [1.82, 2.24) is 5.32 Å². The predicted octanol–water partition coefficient (Wildman–Crippen LogP) is 3.08. The molecule has 0 saturated carbocycles. The van der Waals surface area contributed by atoms with Crippen molar-refractivity contribution in [3.8, 4) is 0 Å². The van der Waals surface area contributed by atoms with Crippen molar-refractivity contribution in [2.45, 2.75) is 45.8 Å². The molecule has 2 nitrogen and oxygen atoms in total. The molecule has 2 unspecified atom stereocenters. The Morgan fingerprint density at radius 3 is 2.61 bits per heavy atom. The quantitative estimate of drug-likeness (QED) is 0.806. The minimum atomic E-state index is -0.170. The van der Waals surface area contributed by atoms with Gasteiger partial charge in [0.2, 0.25) is 0 Å². The molecule has 0 bridgehead atoms. The van der Waals surface area contributed by atoms with Gasteiger partial charge in [0.25, 0.3) is 0 Å². The standard InChI is InChI=1S/C15H24FNO/c1-5-15(18-4)14(17-6-2)10-12-9-13(16)8-7-11(12)3/h7-9,14-15,17H,5-6,10H2,1-4H3. The Hall–Kier alpha value is -0.930. The van der Waals surface area contributed by atoms with Gasteiger partial charge in [-0.15, -0.1) is 0 Å². The molecule has 0 radical (unpaired) electrons. The van der Waals surface area contributed by atoms with Gasteiger partial charge < -0.3 is 10.1 Å². The lowest BCUT2D eigenvalue weighted by Gasteiger charge is -2.26. The molecule has 18 heavy (non-hydrogen) atoms. The molecule has 0 aliphatic rings. The predicted molar refractivity (Wildman–Crippen MR) is 73.4 cm³/mol. The van der Waals surface area contributed by atoms with Crippen molar-refractivity contribution in [2.75, 3.05) is 13.7 Å². The summed E-state index contributed by atoms with van der Waals surface area (Å²) in [6.45, 7) is 7.09. The summed E-state index contributed by atoms with van der Waals surface area (Å²) in [4.78, 5) is 0. The highest BCUT2D eigenvalue weighted by molar-refractivity contribution is 5.27. The third kappa shape index (κ3) is 4.07. The highest BCUT2D eigenvalue weighted by atomic mass is 19.1. The van der Waals surface area contributed by atoms with Crippen LogP contribution in [0, 0.1) is 12.7 Å². The summed E-state index contributed by atoms with van der Waals surface area (Å²) in [5.41, 5.74) is 2.18. The molecule has 0 aliphatic carbocycles. The van der Waals surface area contributed by atoms with Gasteiger partial charge >= 0.3 is 0 Å². The number of benzene rings is 1. The fourth-order valence-corrected chi connectivity index (χ4v) is 2.31. The van der Waals surface area contributed by atoms with Gasteiger partial charge in [0.05, 0.1) is 6.10 Å². The Kier molecular flexibility index (Phi) is 6.30. The first-order chi connectivity index (χ1) is 8.62. The van der Waals surface area contributed by atoms with Crippen LogP contribution in [-0.2, 0) is 11.2 Å². The Balaban J connectivity index is 2.85. The molecule has 1 aromatic rings. The van der Waals surface area contributed by atoms with E-state index in [1.165, 1.54) is 6.07 Å². The normalized spacial score (nSPS) is 14.5. The number of hydrogen-bond donors (Lipinski definition) is 1. The summed E-state index contributed by atoms with van der Waals surface area (Å²) in [5.74, 6) is -0.170. The van der Waals surface area contributed by atoms with E-state index in [0.29, 0.717) is 0 Å². The van der Waals surface area contributed by atoms with Gasteiger partial charge in [-0.3, -0.25) is 0 Å². The molecule has 1 N–H and O–H groups in total. The largest absolute Gasteiger partial charge is 0.380 e. The van der Waals surface area contributed by atoms with Crippen LogP contribution in [-0.4, -0.2) is 25.8 Å². The van der Waals surface area contributed by atoms with Crippen molar-refractivity contribution in [1.29, 1.82) is 0 Å². The molecule has 3 heteroatoms. The molecule has 0 heterocycles. The minimum Gasteiger partial charge on any atom is -0.380 e. The number of ether oxygens (including phenoxy) is 1. The van der Waals surface area contributed by atoms with Crippen LogP contribution in [0.5, 0.6) is 0 Å². The molecule has 0 fully saturated rings. The molecule has 2 atom stereocenters. The van der Waals surface area contributed by atoms with Crippen molar-refractivity contribution in [3.05, 3.63) is 35.1 Å². The topological polar surface area (TPSA) is 21.3 Å². The van der Waals surface area contributed by atoms with Crippen LogP contribution in [0.4, 0.5) is 4.39 Å². The molecule has 1 rings (SSSR count). The summed E-state index contributed by atoms with van der Waals surface area (Å²) in [7, 11) is 1.73. The van der Waals surface area contributed by atoms with Crippen molar-refractivity contribution in [3.63, 3.8) is 0 Å². The highest BCUT2D eigenvalue weighted by Crippen LogP contribution is 2.16. The maximum Gasteiger partial charge on any atom is 0.123 e. The first-order valence-electron chi connectivity index (χ1n) is 6.63. The summed E-state index contributed by atoms with van der Waals surface area (Å²) >= 11 is 0. The molecular weight excluding hydrogens is 229 g/mol. The lowest BCUT2D eigenvalue weighted by molar-refractivity contribution is 0.0658. The smallest absolute Gasteiger partial charge is 0.123 e. The molecule has 0 saturated heterocycles. The van der Waals surface area contributed by atoms with Gasteiger partial charge in [-0.25, -0.2) is 4.39 Å². The van der Waals surface area contributed by atoms with Crippen molar-refractivity contribution >= 4 is 0 Å². The van der Waals surface area contributed by atoms with Gasteiger partial charge in [-0.05, 0) is 49.6 Å².